The van der Waals surface area contributed by atoms with Gasteiger partial charge in [0.1, 0.15) is 22.9 Å². The molecular formula is C27H22F8O2. The van der Waals surface area contributed by atoms with E-state index in [1.54, 1.807) is 12.1 Å². The first-order valence-corrected chi connectivity index (χ1v) is 11.5. The smallest absolute Gasteiger partial charge is 0.429 e. The normalized spacial score (nSPS) is 18.5. The first-order chi connectivity index (χ1) is 17.3. The number of rotatable bonds is 6. The summed E-state index contributed by atoms with van der Waals surface area (Å²) in [6, 6.07) is 9.66. The van der Waals surface area contributed by atoms with Crippen molar-refractivity contribution in [1.82, 2.24) is 0 Å². The van der Waals surface area contributed by atoms with E-state index < -0.39 is 47.0 Å². The van der Waals surface area contributed by atoms with Crippen LogP contribution in [0.4, 0.5) is 35.1 Å². The molecule has 3 aromatic rings. The summed E-state index contributed by atoms with van der Waals surface area (Å²) >= 11 is 0. The molecule has 0 bridgehead atoms. The van der Waals surface area contributed by atoms with E-state index in [0.29, 0.717) is 29.5 Å². The van der Waals surface area contributed by atoms with Crippen LogP contribution in [0.5, 0.6) is 11.5 Å². The zero-order valence-corrected chi connectivity index (χ0v) is 19.5. The van der Waals surface area contributed by atoms with E-state index in [1.807, 2.05) is 12.1 Å². The van der Waals surface area contributed by atoms with Crippen molar-refractivity contribution in [3.8, 4) is 22.6 Å². The summed E-state index contributed by atoms with van der Waals surface area (Å²) < 4.78 is 117. The lowest BCUT2D eigenvalue weighted by molar-refractivity contribution is -0.275. The Morgan fingerprint density at radius 1 is 0.676 bits per heavy atom. The van der Waals surface area contributed by atoms with E-state index >= 15 is 0 Å². The Morgan fingerprint density at radius 2 is 1.27 bits per heavy atom. The molecule has 0 saturated heterocycles. The van der Waals surface area contributed by atoms with Crippen LogP contribution in [0.2, 0.25) is 0 Å². The maximum atomic E-state index is 14.7. The Morgan fingerprint density at radius 3 is 1.81 bits per heavy atom. The second-order valence-corrected chi connectivity index (χ2v) is 9.15. The number of alkyl halides is 5. The fourth-order valence-electron chi connectivity index (χ4n) is 4.51. The third-order valence-corrected chi connectivity index (χ3v) is 6.44. The van der Waals surface area contributed by atoms with Crippen LogP contribution >= 0.6 is 0 Å². The van der Waals surface area contributed by atoms with Gasteiger partial charge in [-0.2, -0.15) is 8.78 Å². The molecule has 2 nitrogen and oxygen atoms in total. The number of ether oxygens (including phenoxy) is 2. The molecule has 1 aliphatic carbocycles. The van der Waals surface area contributed by atoms with Crippen LogP contribution < -0.4 is 9.47 Å². The molecule has 198 valence electrons. The molecule has 0 N–H and O–H groups in total. The largest absolute Gasteiger partial charge is 0.573 e. The molecule has 37 heavy (non-hydrogen) atoms. The maximum absolute atomic E-state index is 14.7. The van der Waals surface area contributed by atoms with Crippen LogP contribution in [0.25, 0.3) is 11.1 Å². The molecule has 0 heterocycles. The van der Waals surface area contributed by atoms with Crippen molar-refractivity contribution in [2.45, 2.75) is 51.0 Å². The molecule has 0 aliphatic heterocycles. The topological polar surface area (TPSA) is 18.5 Å². The van der Waals surface area contributed by atoms with Gasteiger partial charge in [-0.05, 0) is 65.6 Å². The van der Waals surface area contributed by atoms with Gasteiger partial charge in [0.05, 0.1) is 0 Å². The van der Waals surface area contributed by atoms with E-state index in [2.05, 4.69) is 16.4 Å². The highest BCUT2D eigenvalue weighted by molar-refractivity contribution is 5.64. The van der Waals surface area contributed by atoms with Crippen LogP contribution in [0.3, 0.4) is 0 Å². The van der Waals surface area contributed by atoms with E-state index in [9.17, 15) is 35.1 Å². The molecule has 0 spiro atoms. The molecule has 0 atom stereocenters. The fraction of sp³-hybridized carbons (Fsp3) is 0.333. The quantitative estimate of drug-likeness (QED) is 0.296. The predicted octanol–water partition coefficient (Wildman–Crippen LogP) is 9.09. The molecule has 1 saturated carbocycles. The average Bonchev–Trinajstić information content (AvgIpc) is 2.80. The predicted molar refractivity (Wildman–Crippen MR) is 120 cm³/mol. The minimum Gasteiger partial charge on any atom is -0.429 e. The van der Waals surface area contributed by atoms with Crippen molar-refractivity contribution in [2.75, 3.05) is 0 Å². The molecule has 3 aromatic carbocycles. The zero-order valence-electron chi connectivity index (χ0n) is 19.5. The minimum atomic E-state index is -5.21. The average molecular weight is 530 g/mol. The molecule has 0 aromatic heterocycles. The van der Waals surface area contributed by atoms with Crippen molar-refractivity contribution >= 4 is 0 Å². The summed E-state index contributed by atoms with van der Waals surface area (Å²) in [5.74, 6) is -6.04. The number of halogens is 8. The number of hydrogen-bond acceptors (Lipinski definition) is 2. The summed E-state index contributed by atoms with van der Waals surface area (Å²) in [5, 5.41) is 0. The molecule has 4 rings (SSSR count). The zero-order chi connectivity index (χ0) is 27.0. The van der Waals surface area contributed by atoms with Crippen LogP contribution in [0, 0.1) is 23.4 Å². The summed E-state index contributed by atoms with van der Waals surface area (Å²) in [5.41, 5.74) is -0.172. The molecule has 1 aliphatic rings. The van der Waals surface area contributed by atoms with Gasteiger partial charge in [-0.3, -0.25) is 0 Å². The van der Waals surface area contributed by atoms with Crippen LogP contribution in [-0.2, 0) is 6.11 Å². The molecule has 0 amide bonds. The lowest BCUT2D eigenvalue weighted by atomic mass is 9.79. The standard InChI is InChI=1S/C27H22F8O2/c1-15-2-4-16(5-3-15)17-6-8-18(9-7-17)19-12-22(29)25(23(30)13-19)26(31,32)36-20-10-11-24(21(28)14-20)37-27(33,34)35/h6-16H,2-5H2,1H3. The molecule has 0 unspecified atom stereocenters. The summed E-state index contributed by atoms with van der Waals surface area (Å²) in [4.78, 5) is 0. The van der Waals surface area contributed by atoms with Crippen LogP contribution in [-0.4, -0.2) is 6.36 Å². The fourth-order valence-corrected chi connectivity index (χ4v) is 4.51. The second kappa shape index (κ2) is 10.2. The van der Waals surface area contributed by atoms with Crippen molar-refractivity contribution in [3.63, 3.8) is 0 Å². The van der Waals surface area contributed by atoms with Crippen molar-refractivity contribution in [3.05, 3.63) is 83.2 Å². The monoisotopic (exact) mass is 530 g/mol. The Hall–Kier alpha value is -3.30. The van der Waals surface area contributed by atoms with Gasteiger partial charge in [0.25, 0.3) is 0 Å². The van der Waals surface area contributed by atoms with Gasteiger partial charge in [0.2, 0.25) is 0 Å². The Labute approximate surface area is 207 Å². The molecule has 0 radical (unpaired) electrons. The highest BCUT2D eigenvalue weighted by atomic mass is 19.4. The van der Waals surface area contributed by atoms with Crippen LogP contribution in [0.15, 0.2) is 54.6 Å². The summed E-state index contributed by atoms with van der Waals surface area (Å²) in [6.45, 7) is 2.21. The second-order valence-electron chi connectivity index (χ2n) is 9.15. The molecule has 1 fully saturated rings. The summed E-state index contributed by atoms with van der Waals surface area (Å²) in [7, 11) is 0. The first kappa shape index (κ1) is 26.8. The summed E-state index contributed by atoms with van der Waals surface area (Å²) in [6.07, 6.45) is -5.47. The van der Waals surface area contributed by atoms with Gasteiger partial charge in [-0.25, -0.2) is 13.2 Å². The Bertz CT molecular complexity index is 1220. The molecule has 10 heteroatoms. The number of hydrogen-bond donors (Lipinski definition) is 0. The van der Waals surface area contributed by atoms with Crippen molar-refractivity contribution in [1.29, 1.82) is 0 Å². The van der Waals surface area contributed by atoms with E-state index in [-0.39, 0.29) is 11.6 Å². The van der Waals surface area contributed by atoms with E-state index in [4.69, 9.17) is 0 Å². The van der Waals surface area contributed by atoms with Gasteiger partial charge in [0.15, 0.2) is 11.6 Å². The Balaban J connectivity index is 1.53. The maximum Gasteiger partial charge on any atom is 0.573 e. The van der Waals surface area contributed by atoms with E-state index in [0.717, 1.165) is 43.4 Å². The highest BCUT2D eigenvalue weighted by Crippen LogP contribution is 2.39. The minimum absolute atomic E-state index is 0.0260. The van der Waals surface area contributed by atoms with Gasteiger partial charge >= 0.3 is 12.5 Å². The van der Waals surface area contributed by atoms with Gasteiger partial charge in [-0.15, -0.1) is 13.2 Å². The molecular weight excluding hydrogens is 508 g/mol. The Kier molecular flexibility index (Phi) is 7.39. The third-order valence-electron chi connectivity index (χ3n) is 6.44. The third kappa shape index (κ3) is 6.34. The van der Waals surface area contributed by atoms with Crippen molar-refractivity contribution in [2.24, 2.45) is 5.92 Å². The van der Waals surface area contributed by atoms with Gasteiger partial charge in [-0.1, -0.05) is 44.0 Å². The first-order valence-electron chi connectivity index (χ1n) is 11.5. The van der Waals surface area contributed by atoms with Gasteiger partial charge in [0, 0.05) is 6.07 Å². The lowest BCUT2D eigenvalue weighted by Gasteiger charge is -2.26. The van der Waals surface area contributed by atoms with Crippen molar-refractivity contribution < 1.29 is 44.6 Å². The van der Waals surface area contributed by atoms with Crippen LogP contribution in [0.1, 0.15) is 49.7 Å². The lowest BCUT2D eigenvalue weighted by Crippen LogP contribution is -2.25. The van der Waals surface area contributed by atoms with E-state index in [1.165, 1.54) is 0 Å². The van der Waals surface area contributed by atoms with Gasteiger partial charge < -0.3 is 9.47 Å². The number of benzene rings is 3. The highest BCUT2D eigenvalue weighted by Gasteiger charge is 2.41. The SMILES string of the molecule is CC1CCC(c2ccc(-c3cc(F)c(C(F)(F)Oc4ccc(OC(F)(F)F)c(F)c4)c(F)c3)cc2)CC1.